The van der Waals surface area contributed by atoms with Crippen molar-refractivity contribution in [1.82, 2.24) is 19.8 Å². The number of anilines is 1. The quantitative estimate of drug-likeness (QED) is 0.265. The van der Waals surface area contributed by atoms with Crippen molar-refractivity contribution in [2.45, 2.75) is 32.4 Å². The van der Waals surface area contributed by atoms with E-state index in [0.29, 0.717) is 11.7 Å². The molecule has 3 N–H and O–H groups in total. The number of amides is 1. The van der Waals surface area contributed by atoms with Crippen LogP contribution in [0.5, 0.6) is 0 Å². The summed E-state index contributed by atoms with van der Waals surface area (Å²) in [7, 11) is 0. The molecule has 1 fully saturated rings. The Balaban J connectivity index is 1.49. The third-order valence-electron chi connectivity index (χ3n) is 6.98. The molecule has 0 aliphatic carbocycles. The molecule has 5 rings (SSSR count). The molecule has 0 saturated carbocycles. The number of para-hydroxylation sites is 1. The molecule has 1 saturated heterocycles. The van der Waals surface area contributed by atoms with Crippen LogP contribution in [-0.2, 0) is 4.79 Å². The van der Waals surface area contributed by atoms with Gasteiger partial charge < -0.3 is 25.2 Å². The van der Waals surface area contributed by atoms with Gasteiger partial charge in [-0.2, -0.15) is 0 Å². The van der Waals surface area contributed by atoms with Crippen LogP contribution in [-0.4, -0.2) is 43.1 Å². The summed E-state index contributed by atoms with van der Waals surface area (Å²) in [6, 6.07) is 23.7. The molecule has 8 nitrogen and oxygen atoms in total. The zero-order chi connectivity index (χ0) is 27.5. The third-order valence-corrected chi connectivity index (χ3v) is 7.33. The smallest absolute Gasteiger partial charge is 0.335 e. The van der Waals surface area contributed by atoms with Crippen LogP contribution >= 0.6 is 12.2 Å². The summed E-state index contributed by atoms with van der Waals surface area (Å²) in [4.78, 5) is 31.1. The summed E-state index contributed by atoms with van der Waals surface area (Å²) in [6.45, 7) is 4.43. The zero-order valence-electron chi connectivity index (χ0n) is 21.7. The highest BCUT2D eigenvalue weighted by Gasteiger charge is 2.41. The Morgan fingerprint density at radius 1 is 1.03 bits per heavy atom. The lowest BCUT2D eigenvalue weighted by Gasteiger charge is -2.28. The zero-order valence-corrected chi connectivity index (χ0v) is 22.5. The average molecular weight is 540 g/mol. The molecule has 198 valence electrons. The van der Waals surface area contributed by atoms with Gasteiger partial charge in [-0.05, 0) is 80.2 Å². The number of thiocarbonyl (C=S) groups is 1. The first-order chi connectivity index (χ1) is 18.8. The molecule has 9 heteroatoms. The number of aryl methyl sites for hydroxylation is 1. The number of carboxylic acids is 1. The van der Waals surface area contributed by atoms with E-state index >= 15 is 0 Å². The second kappa shape index (κ2) is 11.1. The molecule has 2 unspecified atom stereocenters. The van der Waals surface area contributed by atoms with Crippen molar-refractivity contribution in [3.05, 3.63) is 113 Å². The van der Waals surface area contributed by atoms with Crippen LogP contribution in [0.3, 0.4) is 0 Å². The number of carbonyl (C=O) groups is 2. The van der Waals surface area contributed by atoms with Gasteiger partial charge in [-0.1, -0.05) is 30.3 Å². The van der Waals surface area contributed by atoms with E-state index in [1.165, 1.54) is 0 Å². The van der Waals surface area contributed by atoms with Gasteiger partial charge in [0.1, 0.15) is 0 Å². The number of carbonyl (C=O) groups excluding carboxylic acids is 1. The lowest BCUT2D eigenvalue weighted by Crippen LogP contribution is -2.32. The molecular formula is C30H29N5O3S. The van der Waals surface area contributed by atoms with E-state index in [-0.39, 0.29) is 30.0 Å². The molecule has 39 heavy (non-hydrogen) atoms. The number of aromatic carboxylic acids is 1. The van der Waals surface area contributed by atoms with Crippen molar-refractivity contribution in [2.75, 3.05) is 11.9 Å². The number of rotatable bonds is 8. The maximum atomic E-state index is 12.8. The number of aromatic nitrogens is 2. The van der Waals surface area contributed by atoms with Crippen LogP contribution in [0.4, 0.5) is 5.69 Å². The summed E-state index contributed by atoms with van der Waals surface area (Å²) in [5.74, 6) is -1.07. The van der Waals surface area contributed by atoms with Crippen LogP contribution in [0.15, 0.2) is 85.1 Å². The molecular weight excluding hydrogens is 510 g/mol. The molecule has 0 radical (unpaired) electrons. The molecule has 2 aromatic carbocycles. The molecule has 0 bridgehead atoms. The molecule has 3 heterocycles. The standard InChI is InChI=1S/C30H29N5O3S/c1-19-17-24(20(2)35(19)23-12-8-9-21(18-23)29(37)38)28-27(25-13-6-7-15-31-25)33-30(39)34(28)16-14-26(36)32-22-10-4-3-5-11-22/h3-13,15,17-18,27-28H,14,16H2,1-2H3,(H,32,36)(H,33,39)(H,37,38). The number of nitrogens with zero attached hydrogens (tertiary/aromatic N) is 3. The summed E-state index contributed by atoms with van der Waals surface area (Å²) in [5, 5.41) is 16.5. The largest absolute Gasteiger partial charge is 0.478 e. The van der Waals surface area contributed by atoms with Crippen LogP contribution in [0.25, 0.3) is 5.69 Å². The lowest BCUT2D eigenvalue weighted by atomic mass is 9.96. The van der Waals surface area contributed by atoms with Crippen molar-refractivity contribution in [1.29, 1.82) is 0 Å². The number of pyridine rings is 1. The van der Waals surface area contributed by atoms with Gasteiger partial charge in [0, 0.05) is 41.9 Å². The molecule has 2 atom stereocenters. The fourth-order valence-electron chi connectivity index (χ4n) is 5.21. The Morgan fingerprint density at radius 2 is 1.79 bits per heavy atom. The van der Waals surface area contributed by atoms with Crippen LogP contribution < -0.4 is 10.6 Å². The highest BCUT2D eigenvalue weighted by Crippen LogP contribution is 2.41. The summed E-state index contributed by atoms with van der Waals surface area (Å²) < 4.78 is 2.05. The molecule has 1 aliphatic heterocycles. The minimum Gasteiger partial charge on any atom is -0.478 e. The van der Waals surface area contributed by atoms with Gasteiger partial charge in [-0.3, -0.25) is 9.78 Å². The summed E-state index contributed by atoms with van der Waals surface area (Å²) >= 11 is 5.78. The van der Waals surface area contributed by atoms with Gasteiger partial charge >= 0.3 is 5.97 Å². The Bertz CT molecular complexity index is 1520. The fraction of sp³-hybridized carbons (Fsp3) is 0.200. The van der Waals surface area contributed by atoms with Crippen LogP contribution in [0.1, 0.15) is 51.5 Å². The Labute approximate surface area is 232 Å². The molecule has 4 aromatic rings. The SMILES string of the molecule is Cc1cc(C2C(c3ccccn3)NC(=S)N2CCC(=O)Nc2ccccc2)c(C)n1-c1cccc(C(=O)O)c1. The minimum atomic E-state index is -0.972. The summed E-state index contributed by atoms with van der Waals surface area (Å²) in [6.07, 6.45) is 2.01. The molecule has 1 aliphatic rings. The predicted octanol–water partition coefficient (Wildman–Crippen LogP) is 5.19. The number of carboxylic acid groups (broad SMARTS) is 1. The normalized spacial score (nSPS) is 16.7. The first kappa shape index (κ1) is 26.1. The second-order valence-electron chi connectivity index (χ2n) is 9.50. The third kappa shape index (κ3) is 5.39. The van der Waals surface area contributed by atoms with Gasteiger partial charge in [0.05, 0.1) is 23.3 Å². The van der Waals surface area contributed by atoms with E-state index in [1.54, 1.807) is 24.4 Å². The van der Waals surface area contributed by atoms with Crippen molar-refractivity contribution in [3.63, 3.8) is 0 Å². The van der Waals surface area contributed by atoms with Crippen molar-refractivity contribution in [2.24, 2.45) is 0 Å². The van der Waals surface area contributed by atoms with E-state index in [2.05, 4.69) is 31.2 Å². The maximum absolute atomic E-state index is 12.8. The highest BCUT2D eigenvalue weighted by atomic mass is 32.1. The maximum Gasteiger partial charge on any atom is 0.335 e. The number of benzene rings is 2. The minimum absolute atomic E-state index is 0.0972. The van der Waals surface area contributed by atoms with E-state index in [1.807, 2.05) is 68.4 Å². The lowest BCUT2D eigenvalue weighted by molar-refractivity contribution is -0.116. The molecule has 1 amide bonds. The van der Waals surface area contributed by atoms with Gasteiger partial charge in [0.2, 0.25) is 5.91 Å². The van der Waals surface area contributed by atoms with Crippen molar-refractivity contribution < 1.29 is 14.7 Å². The van der Waals surface area contributed by atoms with E-state index in [4.69, 9.17) is 12.2 Å². The van der Waals surface area contributed by atoms with E-state index in [9.17, 15) is 14.7 Å². The Kier molecular flexibility index (Phi) is 7.42. The molecule has 0 spiro atoms. The van der Waals surface area contributed by atoms with Gasteiger partial charge in [-0.25, -0.2) is 4.79 Å². The Morgan fingerprint density at radius 3 is 2.51 bits per heavy atom. The van der Waals surface area contributed by atoms with E-state index < -0.39 is 5.97 Å². The summed E-state index contributed by atoms with van der Waals surface area (Å²) in [5.41, 5.74) is 5.55. The predicted molar refractivity (Wildman–Crippen MR) is 154 cm³/mol. The number of nitrogens with one attached hydrogen (secondary N) is 2. The number of hydrogen-bond acceptors (Lipinski definition) is 4. The van der Waals surface area contributed by atoms with Crippen molar-refractivity contribution >= 4 is 34.9 Å². The van der Waals surface area contributed by atoms with Gasteiger partial charge in [0.15, 0.2) is 5.11 Å². The molecule has 2 aromatic heterocycles. The fourth-order valence-corrected chi connectivity index (χ4v) is 5.55. The number of hydrogen-bond donors (Lipinski definition) is 3. The van der Waals surface area contributed by atoms with Gasteiger partial charge in [0.25, 0.3) is 0 Å². The first-order valence-corrected chi connectivity index (χ1v) is 13.1. The monoisotopic (exact) mass is 539 g/mol. The highest BCUT2D eigenvalue weighted by molar-refractivity contribution is 7.80. The second-order valence-corrected chi connectivity index (χ2v) is 9.89. The first-order valence-electron chi connectivity index (χ1n) is 12.7. The van der Waals surface area contributed by atoms with E-state index in [0.717, 1.165) is 34.0 Å². The Hall–Kier alpha value is -4.50. The van der Waals surface area contributed by atoms with Crippen LogP contribution in [0, 0.1) is 13.8 Å². The van der Waals surface area contributed by atoms with Crippen molar-refractivity contribution in [3.8, 4) is 5.69 Å². The van der Waals surface area contributed by atoms with Crippen LogP contribution in [0.2, 0.25) is 0 Å². The topological polar surface area (TPSA) is 99.5 Å². The van der Waals surface area contributed by atoms with Gasteiger partial charge in [-0.15, -0.1) is 0 Å². The average Bonchev–Trinajstić information content (AvgIpc) is 3.42.